The third-order valence-electron chi connectivity index (χ3n) is 3.44. The molecule has 0 spiro atoms. The van der Waals surface area contributed by atoms with E-state index in [9.17, 15) is 14.4 Å². The second-order valence-corrected chi connectivity index (χ2v) is 5.57. The predicted molar refractivity (Wildman–Crippen MR) is 84.7 cm³/mol. The molecule has 0 heterocycles. The van der Waals surface area contributed by atoms with E-state index < -0.39 is 11.9 Å². The molecule has 23 heavy (non-hydrogen) atoms. The van der Waals surface area contributed by atoms with Crippen molar-refractivity contribution < 1.29 is 23.9 Å². The van der Waals surface area contributed by atoms with Gasteiger partial charge >= 0.3 is 18.0 Å². The van der Waals surface area contributed by atoms with Crippen LogP contribution in [0.1, 0.15) is 46.0 Å². The van der Waals surface area contributed by atoms with Gasteiger partial charge in [-0.3, -0.25) is 0 Å². The third-order valence-corrected chi connectivity index (χ3v) is 3.44. The highest BCUT2D eigenvalue weighted by atomic mass is 16.5. The number of carbonyl (C=O) groups is 3. The van der Waals surface area contributed by atoms with E-state index in [0.29, 0.717) is 0 Å². The first kappa shape index (κ1) is 19.0. The van der Waals surface area contributed by atoms with Gasteiger partial charge in [-0.05, 0) is 26.7 Å². The minimum atomic E-state index is -0.653. The molecule has 7 nitrogen and oxygen atoms in total. The van der Waals surface area contributed by atoms with Crippen molar-refractivity contribution in [1.82, 2.24) is 10.6 Å². The molecule has 0 radical (unpaired) electrons. The van der Waals surface area contributed by atoms with E-state index in [1.807, 2.05) is 0 Å². The van der Waals surface area contributed by atoms with Crippen LogP contribution in [0.3, 0.4) is 0 Å². The van der Waals surface area contributed by atoms with Crippen molar-refractivity contribution >= 4 is 18.0 Å². The summed E-state index contributed by atoms with van der Waals surface area (Å²) >= 11 is 0. The van der Waals surface area contributed by atoms with Gasteiger partial charge in [-0.15, -0.1) is 0 Å². The zero-order valence-electron chi connectivity index (χ0n) is 13.8. The van der Waals surface area contributed by atoms with Gasteiger partial charge in [0, 0.05) is 18.2 Å². The lowest BCUT2D eigenvalue weighted by Gasteiger charge is -2.24. The maximum absolute atomic E-state index is 11.8. The van der Waals surface area contributed by atoms with Gasteiger partial charge in [-0.1, -0.05) is 19.3 Å². The summed E-state index contributed by atoms with van der Waals surface area (Å²) in [5, 5.41) is 5.65. The molecule has 1 saturated carbocycles. The minimum Gasteiger partial charge on any atom is -0.463 e. The molecule has 0 saturated heterocycles. The Morgan fingerprint density at radius 1 is 1.09 bits per heavy atom. The van der Waals surface area contributed by atoms with Crippen LogP contribution < -0.4 is 10.6 Å². The highest BCUT2D eigenvalue weighted by Gasteiger charge is 2.16. The van der Waals surface area contributed by atoms with Crippen LogP contribution in [0.4, 0.5) is 4.79 Å². The van der Waals surface area contributed by atoms with Crippen molar-refractivity contribution in [2.24, 2.45) is 0 Å². The summed E-state index contributed by atoms with van der Waals surface area (Å²) in [6, 6.07) is -0.341. The fourth-order valence-corrected chi connectivity index (χ4v) is 2.32. The van der Waals surface area contributed by atoms with Crippen LogP contribution in [-0.4, -0.2) is 43.3 Å². The fraction of sp³-hybridized carbons (Fsp3) is 0.688. The molecule has 2 N–H and O–H groups in total. The summed E-state index contributed by atoms with van der Waals surface area (Å²) in [6.07, 6.45) is 7.55. The number of ether oxygens (including phenoxy) is 2. The van der Waals surface area contributed by atoms with Crippen LogP contribution >= 0.6 is 0 Å². The average Bonchev–Trinajstić information content (AvgIpc) is 2.52. The quantitative estimate of drug-likeness (QED) is 0.548. The molecule has 130 valence electrons. The number of nitrogens with one attached hydrogen (secondary N) is 2. The van der Waals surface area contributed by atoms with Gasteiger partial charge in [0.25, 0.3) is 0 Å². The Morgan fingerprint density at radius 3 is 2.30 bits per heavy atom. The van der Waals surface area contributed by atoms with E-state index in [1.165, 1.54) is 6.42 Å². The van der Waals surface area contributed by atoms with Crippen molar-refractivity contribution in [3.63, 3.8) is 0 Å². The van der Waals surface area contributed by atoms with Gasteiger partial charge in [0.15, 0.2) is 0 Å². The Hall–Kier alpha value is -2.05. The summed E-state index contributed by atoms with van der Waals surface area (Å²) in [5.41, 5.74) is 0. The highest BCUT2D eigenvalue weighted by molar-refractivity contribution is 5.91. The van der Waals surface area contributed by atoms with Gasteiger partial charge in [0.05, 0.1) is 12.6 Å². The molecule has 1 aliphatic rings. The number of hydrogen-bond donors (Lipinski definition) is 2. The van der Waals surface area contributed by atoms with E-state index >= 15 is 0 Å². The van der Waals surface area contributed by atoms with Crippen molar-refractivity contribution in [3.05, 3.63) is 12.2 Å². The average molecular weight is 326 g/mol. The first-order valence-corrected chi connectivity index (χ1v) is 8.10. The fourth-order valence-electron chi connectivity index (χ4n) is 2.32. The van der Waals surface area contributed by atoms with Gasteiger partial charge in [-0.25, -0.2) is 14.4 Å². The second-order valence-electron chi connectivity index (χ2n) is 5.57. The Morgan fingerprint density at radius 2 is 1.70 bits per heavy atom. The van der Waals surface area contributed by atoms with E-state index in [4.69, 9.17) is 4.74 Å². The second kappa shape index (κ2) is 10.6. The van der Waals surface area contributed by atoms with Crippen LogP contribution in [-0.2, 0) is 19.1 Å². The highest BCUT2D eigenvalue weighted by Crippen LogP contribution is 2.17. The maximum atomic E-state index is 11.8. The zero-order chi connectivity index (χ0) is 17.1. The normalized spacial score (nSPS) is 16.6. The largest absolute Gasteiger partial charge is 0.463 e. The SMILES string of the molecule is CCOC(=O)/C=C/C(=O)OC[C@H](C)NC(=O)NC1CCCCC1. The summed E-state index contributed by atoms with van der Waals surface area (Å²) in [5.74, 6) is -1.25. The Bertz CT molecular complexity index is 430. The molecular formula is C16H26N2O5. The summed E-state index contributed by atoms with van der Waals surface area (Å²) < 4.78 is 9.59. The lowest BCUT2D eigenvalue weighted by molar-refractivity contribution is -0.140. The monoisotopic (exact) mass is 326 g/mol. The first-order valence-electron chi connectivity index (χ1n) is 8.10. The molecular weight excluding hydrogens is 300 g/mol. The molecule has 0 bridgehead atoms. The van der Waals surface area contributed by atoms with Crippen molar-refractivity contribution in [2.75, 3.05) is 13.2 Å². The van der Waals surface area contributed by atoms with Gasteiger partial charge in [0.1, 0.15) is 6.61 Å². The van der Waals surface area contributed by atoms with Crippen LogP contribution in [0, 0.1) is 0 Å². The standard InChI is InChI=1S/C16H26N2O5/c1-3-22-14(19)9-10-15(20)23-11-12(2)17-16(21)18-13-7-5-4-6-8-13/h9-10,12-13H,3-8,11H2,1-2H3,(H2,17,18,21)/b10-9+/t12-/m0/s1. The molecule has 1 fully saturated rings. The Balaban J connectivity index is 2.19. The molecule has 0 aromatic rings. The van der Waals surface area contributed by atoms with E-state index in [0.717, 1.165) is 37.8 Å². The van der Waals surface area contributed by atoms with Crippen LogP contribution in [0.5, 0.6) is 0 Å². The van der Waals surface area contributed by atoms with Gasteiger partial charge in [0.2, 0.25) is 0 Å². The summed E-state index contributed by atoms with van der Waals surface area (Å²) in [4.78, 5) is 34.3. The molecule has 1 atom stereocenters. The molecule has 2 amide bonds. The maximum Gasteiger partial charge on any atom is 0.331 e. The lowest BCUT2D eigenvalue weighted by Crippen LogP contribution is -2.47. The first-order chi connectivity index (χ1) is 11.0. The topological polar surface area (TPSA) is 93.7 Å². The van der Waals surface area contributed by atoms with Crippen LogP contribution in [0.25, 0.3) is 0 Å². The number of hydrogen-bond acceptors (Lipinski definition) is 5. The molecule has 0 aromatic heterocycles. The molecule has 0 aliphatic heterocycles. The third kappa shape index (κ3) is 8.85. The van der Waals surface area contributed by atoms with Crippen molar-refractivity contribution in [1.29, 1.82) is 0 Å². The smallest absolute Gasteiger partial charge is 0.331 e. The molecule has 0 aromatic carbocycles. The summed E-state index contributed by atoms with van der Waals surface area (Å²) in [7, 11) is 0. The number of carbonyl (C=O) groups excluding carboxylic acids is 3. The Labute approximate surface area is 136 Å². The van der Waals surface area contributed by atoms with Crippen molar-refractivity contribution in [2.45, 2.75) is 58.0 Å². The van der Waals surface area contributed by atoms with E-state index in [-0.39, 0.29) is 31.3 Å². The Kier molecular flexibility index (Phi) is 8.79. The zero-order valence-corrected chi connectivity index (χ0v) is 13.8. The number of amides is 2. The van der Waals surface area contributed by atoms with Gasteiger partial charge in [-0.2, -0.15) is 0 Å². The number of urea groups is 1. The lowest BCUT2D eigenvalue weighted by atomic mass is 9.96. The van der Waals surface area contributed by atoms with Crippen LogP contribution in [0.2, 0.25) is 0 Å². The van der Waals surface area contributed by atoms with Crippen molar-refractivity contribution in [3.8, 4) is 0 Å². The molecule has 1 aliphatic carbocycles. The van der Waals surface area contributed by atoms with E-state index in [2.05, 4.69) is 15.4 Å². The number of rotatable bonds is 7. The molecule has 1 rings (SSSR count). The van der Waals surface area contributed by atoms with Gasteiger partial charge < -0.3 is 20.1 Å². The molecule has 7 heteroatoms. The number of esters is 2. The summed E-state index contributed by atoms with van der Waals surface area (Å²) in [6.45, 7) is 3.69. The van der Waals surface area contributed by atoms with Crippen LogP contribution in [0.15, 0.2) is 12.2 Å². The minimum absolute atomic E-state index is 0.0318. The molecule has 0 unspecified atom stereocenters. The predicted octanol–water partition coefficient (Wildman–Crippen LogP) is 1.67. The van der Waals surface area contributed by atoms with E-state index in [1.54, 1.807) is 13.8 Å².